The van der Waals surface area contributed by atoms with E-state index in [1.165, 1.54) is 0 Å². The summed E-state index contributed by atoms with van der Waals surface area (Å²) in [5.41, 5.74) is 5.63. The standard InChI is InChI=1S/C8H19NOS/c1-6(9)4-7(2)11-8(3)5-10/h6-8,10H,4-5,9H2,1-3H3. The zero-order chi connectivity index (χ0) is 8.85. The highest BCUT2D eigenvalue weighted by Crippen LogP contribution is 2.20. The molecule has 3 heteroatoms. The van der Waals surface area contributed by atoms with Gasteiger partial charge in [-0.15, -0.1) is 0 Å². The lowest BCUT2D eigenvalue weighted by atomic mass is 10.2. The molecule has 0 spiro atoms. The van der Waals surface area contributed by atoms with Crippen molar-refractivity contribution in [1.29, 1.82) is 0 Å². The van der Waals surface area contributed by atoms with Gasteiger partial charge in [0, 0.05) is 16.5 Å². The summed E-state index contributed by atoms with van der Waals surface area (Å²) in [6.45, 7) is 6.46. The Morgan fingerprint density at radius 2 is 1.82 bits per heavy atom. The molecule has 3 unspecified atom stereocenters. The fourth-order valence-electron chi connectivity index (χ4n) is 1.02. The largest absolute Gasteiger partial charge is 0.395 e. The molecule has 2 nitrogen and oxygen atoms in total. The van der Waals surface area contributed by atoms with E-state index in [-0.39, 0.29) is 12.6 Å². The number of hydrogen-bond acceptors (Lipinski definition) is 3. The molecule has 3 atom stereocenters. The zero-order valence-corrected chi connectivity index (χ0v) is 8.40. The van der Waals surface area contributed by atoms with Gasteiger partial charge in [0.2, 0.25) is 0 Å². The fraction of sp³-hybridized carbons (Fsp3) is 1.00. The topological polar surface area (TPSA) is 46.2 Å². The molecule has 11 heavy (non-hydrogen) atoms. The maximum Gasteiger partial charge on any atom is 0.0547 e. The Hall–Kier alpha value is 0.270. The summed E-state index contributed by atoms with van der Waals surface area (Å²) in [5.74, 6) is 0. The third-order valence-corrected chi connectivity index (χ3v) is 2.70. The first kappa shape index (κ1) is 11.3. The van der Waals surface area contributed by atoms with E-state index in [0.717, 1.165) is 6.42 Å². The van der Waals surface area contributed by atoms with Gasteiger partial charge in [-0.25, -0.2) is 0 Å². The Kier molecular flexibility index (Phi) is 6.01. The molecule has 0 amide bonds. The van der Waals surface area contributed by atoms with Crippen LogP contribution in [0.1, 0.15) is 27.2 Å². The lowest BCUT2D eigenvalue weighted by Gasteiger charge is -2.16. The Balaban J connectivity index is 3.43. The quantitative estimate of drug-likeness (QED) is 0.664. The first-order chi connectivity index (χ1) is 5.06. The van der Waals surface area contributed by atoms with Gasteiger partial charge in [0.15, 0.2) is 0 Å². The van der Waals surface area contributed by atoms with Crippen molar-refractivity contribution in [3.8, 4) is 0 Å². The molecule has 0 rings (SSSR count). The van der Waals surface area contributed by atoms with Crippen LogP contribution in [-0.2, 0) is 0 Å². The lowest BCUT2D eigenvalue weighted by Crippen LogP contribution is -2.21. The van der Waals surface area contributed by atoms with Gasteiger partial charge < -0.3 is 10.8 Å². The third kappa shape index (κ3) is 6.66. The average molecular weight is 177 g/mol. The lowest BCUT2D eigenvalue weighted by molar-refractivity contribution is 0.299. The summed E-state index contributed by atoms with van der Waals surface area (Å²) in [5, 5.41) is 9.66. The van der Waals surface area contributed by atoms with Crippen molar-refractivity contribution in [3.63, 3.8) is 0 Å². The van der Waals surface area contributed by atoms with E-state index in [0.29, 0.717) is 10.5 Å². The van der Waals surface area contributed by atoms with Crippen molar-refractivity contribution in [2.45, 2.75) is 43.7 Å². The van der Waals surface area contributed by atoms with E-state index < -0.39 is 0 Å². The van der Waals surface area contributed by atoms with Gasteiger partial charge in [0.1, 0.15) is 0 Å². The van der Waals surface area contributed by atoms with E-state index in [1.54, 1.807) is 11.8 Å². The second-order valence-corrected chi connectivity index (χ2v) is 5.03. The number of thioether (sulfide) groups is 1. The van der Waals surface area contributed by atoms with E-state index in [4.69, 9.17) is 10.8 Å². The number of aliphatic hydroxyl groups excluding tert-OH is 1. The first-order valence-corrected chi connectivity index (χ1v) is 5.02. The van der Waals surface area contributed by atoms with Gasteiger partial charge in [-0.1, -0.05) is 13.8 Å². The normalized spacial score (nSPS) is 19.4. The summed E-state index contributed by atoms with van der Waals surface area (Å²) in [6, 6.07) is 0.267. The van der Waals surface area contributed by atoms with Gasteiger partial charge in [-0.2, -0.15) is 11.8 Å². The number of nitrogens with two attached hydrogens (primary N) is 1. The molecule has 0 heterocycles. The van der Waals surface area contributed by atoms with Crippen molar-refractivity contribution < 1.29 is 5.11 Å². The molecule has 0 bridgehead atoms. The summed E-state index contributed by atoms with van der Waals surface area (Å²) in [7, 11) is 0. The van der Waals surface area contributed by atoms with Gasteiger partial charge in [-0.05, 0) is 13.3 Å². The minimum atomic E-state index is 0.258. The van der Waals surface area contributed by atoms with E-state index >= 15 is 0 Å². The SMILES string of the molecule is CC(N)CC(C)SC(C)CO. The predicted molar refractivity (Wildman–Crippen MR) is 51.9 cm³/mol. The minimum Gasteiger partial charge on any atom is -0.395 e. The van der Waals surface area contributed by atoms with Crippen LogP contribution in [0.25, 0.3) is 0 Å². The molecule has 0 aliphatic heterocycles. The monoisotopic (exact) mass is 177 g/mol. The molecule has 0 aromatic heterocycles. The van der Waals surface area contributed by atoms with Crippen LogP contribution in [0.4, 0.5) is 0 Å². The van der Waals surface area contributed by atoms with E-state index in [9.17, 15) is 0 Å². The van der Waals surface area contributed by atoms with E-state index in [2.05, 4.69) is 6.92 Å². The number of hydrogen-bond donors (Lipinski definition) is 2. The van der Waals surface area contributed by atoms with Crippen LogP contribution in [0, 0.1) is 0 Å². The highest BCUT2D eigenvalue weighted by atomic mass is 32.2. The summed E-state index contributed by atoms with van der Waals surface area (Å²) in [4.78, 5) is 0. The van der Waals surface area contributed by atoms with Crippen molar-refractivity contribution in [2.24, 2.45) is 5.73 Å². The van der Waals surface area contributed by atoms with Gasteiger partial charge >= 0.3 is 0 Å². The van der Waals surface area contributed by atoms with Crippen molar-refractivity contribution in [1.82, 2.24) is 0 Å². The first-order valence-electron chi connectivity index (χ1n) is 4.08. The molecule has 68 valence electrons. The molecule has 0 aromatic carbocycles. The molecule has 0 saturated carbocycles. The highest BCUT2D eigenvalue weighted by Gasteiger charge is 2.09. The molecule has 0 aromatic rings. The third-order valence-electron chi connectivity index (χ3n) is 1.43. The molecule has 0 fully saturated rings. The second kappa shape index (κ2) is 5.86. The van der Waals surface area contributed by atoms with Crippen LogP contribution in [0.3, 0.4) is 0 Å². The van der Waals surface area contributed by atoms with Crippen LogP contribution in [0.5, 0.6) is 0 Å². The summed E-state index contributed by atoms with van der Waals surface area (Å²) < 4.78 is 0. The van der Waals surface area contributed by atoms with Crippen molar-refractivity contribution >= 4 is 11.8 Å². The average Bonchev–Trinajstić information content (AvgIpc) is 1.85. The molecule has 3 N–H and O–H groups in total. The van der Waals surface area contributed by atoms with Gasteiger partial charge in [0.25, 0.3) is 0 Å². The smallest absolute Gasteiger partial charge is 0.0547 e. The predicted octanol–water partition coefficient (Wildman–Crippen LogP) is 1.23. The summed E-state index contributed by atoms with van der Waals surface area (Å²) >= 11 is 1.80. The zero-order valence-electron chi connectivity index (χ0n) is 7.58. The van der Waals surface area contributed by atoms with Gasteiger partial charge in [0.05, 0.1) is 6.61 Å². The van der Waals surface area contributed by atoms with Crippen molar-refractivity contribution in [3.05, 3.63) is 0 Å². The Labute approximate surface area is 73.6 Å². The van der Waals surface area contributed by atoms with Crippen LogP contribution < -0.4 is 5.73 Å². The molecular weight excluding hydrogens is 158 g/mol. The van der Waals surface area contributed by atoms with Crippen LogP contribution in [0.2, 0.25) is 0 Å². The maximum atomic E-state index is 8.77. The fourth-order valence-corrected chi connectivity index (χ4v) is 2.31. The molecule has 0 saturated heterocycles. The maximum absolute atomic E-state index is 8.77. The Morgan fingerprint density at radius 1 is 1.27 bits per heavy atom. The van der Waals surface area contributed by atoms with E-state index in [1.807, 2.05) is 13.8 Å². The van der Waals surface area contributed by atoms with Crippen LogP contribution in [0.15, 0.2) is 0 Å². The Morgan fingerprint density at radius 3 is 2.18 bits per heavy atom. The number of aliphatic hydroxyl groups is 1. The van der Waals surface area contributed by atoms with Crippen LogP contribution >= 0.6 is 11.8 Å². The Bertz CT molecular complexity index is 98.1. The molecule has 0 aliphatic rings. The molecule has 0 radical (unpaired) electrons. The number of rotatable bonds is 5. The van der Waals surface area contributed by atoms with Gasteiger partial charge in [-0.3, -0.25) is 0 Å². The summed E-state index contributed by atoms with van der Waals surface area (Å²) in [6.07, 6.45) is 1.02. The highest BCUT2D eigenvalue weighted by molar-refractivity contribution is 8.00. The molecule has 0 aliphatic carbocycles. The molecular formula is C8H19NOS. The minimum absolute atomic E-state index is 0.258. The van der Waals surface area contributed by atoms with Crippen LogP contribution in [-0.4, -0.2) is 28.3 Å². The second-order valence-electron chi connectivity index (χ2n) is 3.15. The van der Waals surface area contributed by atoms with Crippen molar-refractivity contribution in [2.75, 3.05) is 6.61 Å².